The molecule has 2 heterocycles. The highest BCUT2D eigenvalue weighted by Crippen LogP contribution is 2.29. The van der Waals surface area contributed by atoms with E-state index < -0.39 is 0 Å². The third-order valence-electron chi connectivity index (χ3n) is 5.09. The van der Waals surface area contributed by atoms with Gasteiger partial charge in [-0.3, -0.25) is 9.78 Å². The van der Waals surface area contributed by atoms with Crippen LogP contribution in [0.1, 0.15) is 28.5 Å². The summed E-state index contributed by atoms with van der Waals surface area (Å²) < 4.78 is 18.3. The maximum absolute atomic E-state index is 12.8. The summed E-state index contributed by atoms with van der Waals surface area (Å²) in [5.41, 5.74) is 3.71. The van der Waals surface area contributed by atoms with E-state index in [1.807, 2.05) is 18.2 Å². The Balaban J connectivity index is 0.000000174. The zero-order chi connectivity index (χ0) is 22.2. The molecule has 0 aliphatic carbocycles. The van der Waals surface area contributed by atoms with Gasteiger partial charge in [-0.15, -0.1) is 0 Å². The molecule has 0 saturated heterocycles. The SMILES string of the molecule is O=C(NC1CCOc2cccnc21)c1ccc(F)cc1.c1ccc(-c2ccccc2)cc1. The molecule has 4 aromatic rings. The van der Waals surface area contributed by atoms with E-state index in [9.17, 15) is 9.18 Å². The number of aromatic nitrogens is 1. The molecule has 0 bridgehead atoms. The first-order chi connectivity index (χ1) is 15.7. The van der Waals surface area contributed by atoms with E-state index in [2.05, 4.69) is 58.8 Å². The number of benzene rings is 3. The lowest BCUT2D eigenvalue weighted by Crippen LogP contribution is -2.32. The molecule has 1 N–H and O–H groups in total. The quantitative estimate of drug-likeness (QED) is 0.449. The Hall–Kier alpha value is -3.99. The molecule has 32 heavy (non-hydrogen) atoms. The van der Waals surface area contributed by atoms with Crippen LogP contribution in [0.2, 0.25) is 0 Å². The average molecular weight is 426 g/mol. The van der Waals surface area contributed by atoms with E-state index in [-0.39, 0.29) is 17.8 Å². The van der Waals surface area contributed by atoms with Crippen molar-refractivity contribution in [3.8, 4) is 16.9 Å². The van der Waals surface area contributed by atoms with Crippen LogP contribution in [0.25, 0.3) is 11.1 Å². The predicted molar refractivity (Wildman–Crippen MR) is 123 cm³/mol. The van der Waals surface area contributed by atoms with Gasteiger partial charge in [-0.25, -0.2) is 4.39 Å². The van der Waals surface area contributed by atoms with E-state index >= 15 is 0 Å². The number of hydrogen-bond acceptors (Lipinski definition) is 3. The van der Waals surface area contributed by atoms with Gasteiger partial charge in [0.05, 0.1) is 12.6 Å². The zero-order valence-electron chi connectivity index (χ0n) is 17.4. The highest BCUT2D eigenvalue weighted by molar-refractivity contribution is 5.94. The molecular formula is C27H23FN2O2. The molecule has 1 aromatic heterocycles. The Labute approximate surface area is 186 Å². The van der Waals surface area contributed by atoms with Gasteiger partial charge < -0.3 is 10.1 Å². The highest BCUT2D eigenvalue weighted by atomic mass is 19.1. The molecule has 1 aliphatic rings. The highest BCUT2D eigenvalue weighted by Gasteiger charge is 2.24. The molecular weight excluding hydrogens is 403 g/mol. The fourth-order valence-electron chi connectivity index (χ4n) is 3.45. The molecule has 1 amide bonds. The predicted octanol–water partition coefficient (Wildman–Crippen LogP) is 5.83. The molecule has 160 valence electrons. The van der Waals surface area contributed by atoms with Gasteiger partial charge in [-0.1, -0.05) is 60.7 Å². The Morgan fingerprint density at radius 3 is 2.09 bits per heavy atom. The maximum Gasteiger partial charge on any atom is 0.251 e. The summed E-state index contributed by atoms with van der Waals surface area (Å²) in [6.45, 7) is 0.535. The monoisotopic (exact) mass is 426 g/mol. The van der Waals surface area contributed by atoms with Gasteiger partial charge in [-0.05, 0) is 47.5 Å². The lowest BCUT2D eigenvalue weighted by Gasteiger charge is -2.25. The van der Waals surface area contributed by atoms with Crippen LogP contribution in [-0.2, 0) is 0 Å². The Bertz CT molecular complexity index is 1110. The minimum absolute atomic E-state index is 0.183. The van der Waals surface area contributed by atoms with Crippen LogP contribution in [0, 0.1) is 5.82 Å². The first-order valence-corrected chi connectivity index (χ1v) is 10.5. The van der Waals surface area contributed by atoms with E-state index in [1.165, 1.54) is 35.4 Å². The minimum atomic E-state index is -0.361. The number of ether oxygens (including phenoxy) is 1. The Morgan fingerprint density at radius 1 is 0.844 bits per heavy atom. The number of pyridine rings is 1. The number of carbonyl (C=O) groups excluding carboxylic acids is 1. The minimum Gasteiger partial charge on any atom is -0.491 e. The fraction of sp³-hybridized carbons (Fsp3) is 0.111. The van der Waals surface area contributed by atoms with Crippen LogP contribution < -0.4 is 10.1 Å². The largest absolute Gasteiger partial charge is 0.491 e. The normalized spacial score (nSPS) is 14.2. The molecule has 1 atom stereocenters. The number of hydrogen-bond donors (Lipinski definition) is 1. The molecule has 3 aromatic carbocycles. The molecule has 5 heteroatoms. The number of halogens is 1. The van der Waals surface area contributed by atoms with Crippen molar-refractivity contribution in [2.75, 3.05) is 6.61 Å². The Kier molecular flexibility index (Phi) is 6.88. The zero-order valence-corrected chi connectivity index (χ0v) is 17.4. The molecule has 0 radical (unpaired) electrons. The van der Waals surface area contributed by atoms with E-state index in [1.54, 1.807) is 12.3 Å². The summed E-state index contributed by atoms with van der Waals surface area (Å²) in [5, 5.41) is 2.91. The van der Waals surface area contributed by atoms with Crippen LogP contribution in [-0.4, -0.2) is 17.5 Å². The molecule has 1 unspecified atom stereocenters. The van der Waals surface area contributed by atoms with E-state index in [0.29, 0.717) is 24.3 Å². The van der Waals surface area contributed by atoms with Crippen molar-refractivity contribution in [2.45, 2.75) is 12.5 Å². The third kappa shape index (κ3) is 5.38. The second kappa shape index (κ2) is 10.4. The Morgan fingerprint density at radius 2 is 1.47 bits per heavy atom. The van der Waals surface area contributed by atoms with Gasteiger partial charge >= 0.3 is 0 Å². The number of nitrogens with one attached hydrogen (secondary N) is 1. The van der Waals surface area contributed by atoms with Gasteiger partial charge in [0, 0.05) is 18.2 Å². The van der Waals surface area contributed by atoms with E-state index in [4.69, 9.17) is 4.74 Å². The smallest absolute Gasteiger partial charge is 0.251 e. The first kappa shape index (κ1) is 21.2. The third-order valence-corrected chi connectivity index (χ3v) is 5.09. The van der Waals surface area contributed by atoms with Gasteiger partial charge in [-0.2, -0.15) is 0 Å². The second-order valence-electron chi connectivity index (χ2n) is 7.29. The number of carbonyl (C=O) groups is 1. The second-order valence-corrected chi connectivity index (χ2v) is 7.29. The topological polar surface area (TPSA) is 51.2 Å². The van der Waals surface area contributed by atoms with Gasteiger partial charge in [0.2, 0.25) is 0 Å². The summed E-state index contributed by atoms with van der Waals surface area (Å²) in [6.07, 6.45) is 2.33. The van der Waals surface area contributed by atoms with Crippen LogP contribution in [0.3, 0.4) is 0 Å². The molecule has 0 fully saturated rings. The molecule has 5 rings (SSSR count). The number of fused-ring (bicyclic) bond motifs is 1. The van der Waals surface area contributed by atoms with Crippen molar-refractivity contribution in [1.82, 2.24) is 10.3 Å². The van der Waals surface area contributed by atoms with Crippen LogP contribution >= 0.6 is 0 Å². The van der Waals surface area contributed by atoms with E-state index in [0.717, 1.165) is 5.69 Å². The van der Waals surface area contributed by atoms with Crippen molar-refractivity contribution in [3.63, 3.8) is 0 Å². The van der Waals surface area contributed by atoms with Gasteiger partial charge in [0.15, 0.2) is 0 Å². The van der Waals surface area contributed by atoms with Crippen molar-refractivity contribution in [1.29, 1.82) is 0 Å². The summed E-state index contributed by atoms with van der Waals surface area (Å²) in [4.78, 5) is 16.4. The number of nitrogens with zero attached hydrogens (tertiary/aromatic N) is 1. The molecule has 0 spiro atoms. The lowest BCUT2D eigenvalue weighted by atomic mass is 10.1. The summed E-state index contributed by atoms with van der Waals surface area (Å²) in [5.74, 6) is 0.0938. The molecule has 4 nitrogen and oxygen atoms in total. The molecule has 0 saturated carbocycles. The molecule has 1 aliphatic heterocycles. The summed E-state index contributed by atoms with van der Waals surface area (Å²) in [7, 11) is 0. The van der Waals surface area contributed by atoms with Crippen molar-refractivity contribution in [2.24, 2.45) is 0 Å². The first-order valence-electron chi connectivity index (χ1n) is 10.5. The average Bonchev–Trinajstić information content (AvgIpc) is 2.86. The van der Waals surface area contributed by atoms with Gasteiger partial charge in [0.1, 0.15) is 17.3 Å². The maximum atomic E-state index is 12.8. The standard InChI is InChI=1S/C15H13FN2O2.C12H10/c16-11-5-3-10(4-6-11)15(19)18-12-7-9-20-13-2-1-8-17-14(12)13;1-3-7-11(8-4-1)12-9-5-2-6-10-12/h1-6,8,12H,7,9H2,(H,18,19);1-10H. The summed E-state index contributed by atoms with van der Waals surface area (Å²) >= 11 is 0. The van der Waals surface area contributed by atoms with Crippen LogP contribution in [0.15, 0.2) is 103 Å². The lowest BCUT2D eigenvalue weighted by molar-refractivity contribution is 0.0923. The van der Waals surface area contributed by atoms with Crippen LogP contribution in [0.5, 0.6) is 5.75 Å². The fourth-order valence-corrected chi connectivity index (χ4v) is 3.45. The number of rotatable bonds is 3. The van der Waals surface area contributed by atoms with Crippen LogP contribution in [0.4, 0.5) is 4.39 Å². The van der Waals surface area contributed by atoms with Crippen molar-refractivity contribution >= 4 is 5.91 Å². The van der Waals surface area contributed by atoms with Crippen molar-refractivity contribution < 1.29 is 13.9 Å². The number of amides is 1. The summed E-state index contributed by atoms with van der Waals surface area (Å²) in [6, 6.07) is 29.7. The van der Waals surface area contributed by atoms with Gasteiger partial charge in [0.25, 0.3) is 5.91 Å². The van der Waals surface area contributed by atoms with Crippen molar-refractivity contribution in [3.05, 3.63) is 120 Å².